The van der Waals surface area contributed by atoms with Crippen LogP contribution in [0, 0.1) is 0 Å². The van der Waals surface area contributed by atoms with Crippen LogP contribution in [0.25, 0.3) is 5.65 Å². The predicted molar refractivity (Wildman–Crippen MR) is 81.1 cm³/mol. The van der Waals surface area contributed by atoms with Crippen LogP contribution in [0.5, 0.6) is 5.75 Å². The van der Waals surface area contributed by atoms with Crippen molar-refractivity contribution in [3.05, 3.63) is 29.7 Å². The predicted octanol–water partition coefficient (Wildman–Crippen LogP) is 3.55. The molecule has 0 radical (unpaired) electrons. The monoisotopic (exact) mass is 290 g/mol. The molecule has 0 fully saturated rings. The molecule has 0 spiro atoms. The van der Waals surface area contributed by atoms with Crippen LogP contribution in [0.1, 0.15) is 56.1 Å². The Morgan fingerprint density at radius 3 is 2.76 bits per heavy atom. The highest BCUT2D eigenvalue weighted by Crippen LogP contribution is 2.23. The number of hydrogen-bond acceptors (Lipinski definition) is 3. The summed E-state index contributed by atoms with van der Waals surface area (Å²) in [4.78, 5) is 15.9. The Hall–Kier alpha value is -2.04. The van der Waals surface area contributed by atoms with E-state index in [-0.39, 0.29) is 11.7 Å². The quantitative estimate of drug-likeness (QED) is 0.792. The first-order valence-corrected chi connectivity index (χ1v) is 7.42. The minimum Gasteiger partial charge on any atom is -0.490 e. The van der Waals surface area contributed by atoms with E-state index in [2.05, 4.69) is 11.9 Å². The number of unbranched alkanes of at least 4 members (excludes halogenated alkanes) is 2. The molecule has 0 aliphatic heterocycles. The van der Waals surface area contributed by atoms with Crippen LogP contribution in [0.2, 0.25) is 0 Å². The minimum absolute atomic E-state index is 0.0791. The number of carboxylic acids is 1. The number of carbonyl (C=O) groups is 1. The van der Waals surface area contributed by atoms with Gasteiger partial charge in [-0.1, -0.05) is 19.8 Å². The third-order valence-electron chi connectivity index (χ3n) is 3.23. The molecule has 0 amide bonds. The zero-order valence-corrected chi connectivity index (χ0v) is 12.8. The lowest BCUT2D eigenvalue weighted by atomic mass is 10.2. The van der Waals surface area contributed by atoms with E-state index in [0.29, 0.717) is 5.75 Å². The number of hydrogen-bond donors (Lipinski definition) is 1. The van der Waals surface area contributed by atoms with Crippen LogP contribution in [-0.2, 0) is 6.42 Å². The van der Waals surface area contributed by atoms with E-state index in [1.807, 2.05) is 20.0 Å². The zero-order chi connectivity index (χ0) is 15.4. The summed E-state index contributed by atoms with van der Waals surface area (Å²) < 4.78 is 7.35. The lowest BCUT2D eigenvalue weighted by molar-refractivity contribution is 0.0690. The van der Waals surface area contributed by atoms with Gasteiger partial charge in [0.25, 0.3) is 0 Å². The van der Waals surface area contributed by atoms with E-state index in [1.54, 1.807) is 16.7 Å². The van der Waals surface area contributed by atoms with E-state index >= 15 is 0 Å². The molecule has 0 aliphatic carbocycles. The number of rotatable bonds is 7. The Bertz CT molecular complexity index is 632. The van der Waals surface area contributed by atoms with Crippen molar-refractivity contribution in [1.29, 1.82) is 0 Å². The number of imidazole rings is 1. The highest BCUT2D eigenvalue weighted by Gasteiger charge is 2.15. The van der Waals surface area contributed by atoms with Crippen LogP contribution >= 0.6 is 0 Å². The van der Waals surface area contributed by atoms with Gasteiger partial charge in [-0.3, -0.25) is 0 Å². The minimum atomic E-state index is -0.992. The molecule has 0 aliphatic rings. The molecule has 1 N–H and O–H groups in total. The van der Waals surface area contributed by atoms with E-state index in [0.717, 1.165) is 24.2 Å². The fourth-order valence-corrected chi connectivity index (χ4v) is 2.26. The van der Waals surface area contributed by atoms with Gasteiger partial charge < -0.3 is 14.2 Å². The summed E-state index contributed by atoms with van der Waals surface area (Å²) in [5.41, 5.74) is 1.87. The highest BCUT2D eigenvalue weighted by atomic mass is 16.5. The van der Waals surface area contributed by atoms with Gasteiger partial charge in [0.2, 0.25) is 0 Å². The van der Waals surface area contributed by atoms with E-state index in [4.69, 9.17) is 4.74 Å². The number of aromatic carboxylic acids is 1. The Labute approximate surface area is 124 Å². The third-order valence-corrected chi connectivity index (χ3v) is 3.23. The van der Waals surface area contributed by atoms with Crippen LogP contribution in [0.4, 0.5) is 0 Å². The molecule has 2 aromatic rings. The first kappa shape index (κ1) is 15.4. The maximum atomic E-state index is 11.4. The average Bonchev–Trinajstić information content (AvgIpc) is 2.79. The second-order valence-corrected chi connectivity index (χ2v) is 5.48. The summed E-state index contributed by atoms with van der Waals surface area (Å²) in [6, 6.07) is 1.70. The van der Waals surface area contributed by atoms with E-state index in [1.165, 1.54) is 12.8 Å². The van der Waals surface area contributed by atoms with Crippen molar-refractivity contribution < 1.29 is 14.6 Å². The molecule has 5 nitrogen and oxygen atoms in total. The largest absolute Gasteiger partial charge is 0.490 e. The van der Waals surface area contributed by atoms with Gasteiger partial charge in [-0.25, -0.2) is 9.78 Å². The molecule has 0 saturated heterocycles. The lowest BCUT2D eigenvalue weighted by Crippen LogP contribution is -2.10. The molecular formula is C16H22N2O3. The summed E-state index contributed by atoms with van der Waals surface area (Å²) in [6.45, 7) is 5.91. The van der Waals surface area contributed by atoms with Gasteiger partial charge in [-0.15, -0.1) is 0 Å². The van der Waals surface area contributed by atoms with Crippen molar-refractivity contribution in [2.45, 2.75) is 52.6 Å². The lowest BCUT2D eigenvalue weighted by Gasteiger charge is -2.12. The maximum Gasteiger partial charge on any atom is 0.341 e. The SMILES string of the molecule is CCCCCc1cn2cc(C(=O)O)c(OC(C)C)cc2n1. The number of fused-ring (bicyclic) bond motifs is 1. The number of pyridine rings is 1. The summed E-state index contributed by atoms with van der Waals surface area (Å²) in [5, 5.41) is 9.30. The molecule has 0 saturated carbocycles. The van der Waals surface area contributed by atoms with Crippen molar-refractivity contribution in [1.82, 2.24) is 9.38 Å². The van der Waals surface area contributed by atoms with Gasteiger partial charge in [0, 0.05) is 18.5 Å². The van der Waals surface area contributed by atoms with Crippen LogP contribution in [0.15, 0.2) is 18.5 Å². The van der Waals surface area contributed by atoms with Crippen molar-refractivity contribution in [3.8, 4) is 5.75 Å². The number of ether oxygens (including phenoxy) is 1. The van der Waals surface area contributed by atoms with Crippen molar-refractivity contribution in [3.63, 3.8) is 0 Å². The second-order valence-electron chi connectivity index (χ2n) is 5.48. The molecule has 0 aromatic carbocycles. The van der Waals surface area contributed by atoms with Gasteiger partial charge >= 0.3 is 5.97 Å². The van der Waals surface area contributed by atoms with Gasteiger partial charge in [0.15, 0.2) is 0 Å². The van der Waals surface area contributed by atoms with Gasteiger partial charge in [-0.2, -0.15) is 0 Å². The molecule has 2 aromatic heterocycles. The summed E-state index contributed by atoms with van der Waals surface area (Å²) >= 11 is 0. The maximum absolute atomic E-state index is 11.4. The zero-order valence-electron chi connectivity index (χ0n) is 12.8. The van der Waals surface area contributed by atoms with Gasteiger partial charge in [-0.05, 0) is 26.7 Å². The van der Waals surface area contributed by atoms with Gasteiger partial charge in [0.1, 0.15) is 17.0 Å². The van der Waals surface area contributed by atoms with Crippen LogP contribution in [0.3, 0.4) is 0 Å². The van der Waals surface area contributed by atoms with Crippen LogP contribution in [-0.4, -0.2) is 26.6 Å². The molecule has 2 heterocycles. The molecule has 5 heteroatoms. The van der Waals surface area contributed by atoms with Crippen molar-refractivity contribution >= 4 is 11.6 Å². The van der Waals surface area contributed by atoms with E-state index < -0.39 is 5.97 Å². The Balaban J connectivity index is 2.35. The fourth-order valence-electron chi connectivity index (χ4n) is 2.26. The molecule has 0 atom stereocenters. The number of carboxylic acid groups (broad SMARTS) is 1. The van der Waals surface area contributed by atoms with Crippen LogP contribution < -0.4 is 4.74 Å². The first-order valence-electron chi connectivity index (χ1n) is 7.42. The summed E-state index contributed by atoms with van der Waals surface area (Å²) in [6.07, 6.45) is 7.76. The molecular weight excluding hydrogens is 268 g/mol. The highest BCUT2D eigenvalue weighted by molar-refractivity contribution is 5.91. The Kier molecular flexibility index (Phi) is 4.83. The number of aromatic nitrogens is 2. The summed E-state index contributed by atoms with van der Waals surface area (Å²) in [7, 11) is 0. The van der Waals surface area contributed by atoms with Gasteiger partial charge in [0.05, 0.1) is 11.8 Å². The third kappa shape index (κ3) is 3.74. The Morgan fingerprint density at radius 1 is 1.38 bits per heavy atom. The first-order chi connectivity index (χ1) is 10.0. The smallest absolute Gasteiger partial charge is 0.341 e. The van der Waals surface area contributed by atoms with Crippen molar-refractivity contribution in [2.75, 3.05) is 0 Å². The summed E-state index contributed by atoms with van der Waals surface area (Å²) in [5.74, 6) is -0.621. The normalized spacial score (nSPS) is 11.2. The fraction of sp³-hybridized carbons (Fsp3) is 0.500. The molecule has 2 rings (SSSR count). The van der Waals surface area contributed by atoms with E-state index in [9.17, 15) is 9.90 Å². The molecule has 114 valence electrons. The Morgan fingerprint density at radius 2 is 2.14 bits per heavy atom. The second kappa shape index (κ2) is 6.61. The van der Waals surface area contributed by atoms with Crippen molar-refractivity contribution in [2.24, 2.45) is 0 Å². The molecule has 0 unspecified atom stereocenters. The topological polar surface area (TPSA) is 63.8 Å². The standard InChI is InChI=1S/C16H22N2O3/c1-4-5-6-7-12-9-18-10-13(16(19)20)14(21-11(2)3)8-15(18)17-12/h8-11H,4-7H2,1-3H3,(H,19,20). The number of nitrogens with zero attached hydrogens (tertiary/aromatic N) is 2. The molecule has 0 bridgehead atoms. The number of aryl methyl sites for hydroxylation is 1. The average molecular weight is 290 g/mol. The molecule has 21 heavy (non-hydrogen) atoms.